The molecule has 1 aliphatic carbocycles. The summed E-state index contributed by atoms with van der Waals surface area (Å²) in [5, 5.41) is 1.74. The molecule has 3 aromatic carbocycles. The highest BCUT2D eigenvalue weighted by atomic mass is 19.1. The number of rotatable bonds is 7. The lowest BCUT2D eigenvalue weighted by Crippen LogP contribution is -2.12. The van der Waals surface area contributed by atoms with E-state index >= 15 is 0 Å². The van der Waals surface area contributed by atoms with Gasteiger partial charge in [0.15, 0.2) is 0 Å². The molecule has 4 rings (SSSR count). The van der Waals surface area contributed by atoms with Crippen molar-refractivity contribution in [1.29, 1.82) is 0 Å². The predicted molar refractivity (Wildman–Crippen MR) is 128 cm³/mol. The van der Waals surface area contributed by atoms with Crippen LogP contribution in [0.1, 0.15) is 82.3 Å². The van der Waals surface area contributed by atoms with Crippen molar-refractivity contribution in [3.8, 4) is 11.1 Å². The van der Waals surface area contributed by atoms with Gasteiger partial charge < -0.3 is 0 Å². The molecule has 0 saturated heterocycles. The molecule has 1 fully saturated rings. The lowest BCUT2D eigenvalue weighted by Gasteiger charge is -2.28. The van der Waals surface area contributed by atoms with Crippen LogP contribution in [0.4, 0.5) is 4.39 Å². The molecule has 0 atom stereocenters. The van der Waals surface area contributed by atoms with Crippen molar-refractivity contribution in [1.82, 2.24) is 0 Å². The third-order valence-corrected chi connectivity index (χ3v) is 7.22. The summed E-state index contributed by atoms with van der Waals surface area (Å²) in [6.07, 6.45) is 10.9. The predicted octanol–water partition coefficient (Wildman–Crippen LogP) is 9.06. The van der Waals surface area contributed by atoms with Gasteiger partial charge in [-0.25, -0.2) is 4.39 Å². The van der Waals surface area contributed by atoms with Crippen molar-refractivity contribution in [3.05, 3.63) is 71.5 Å². The number of hydrogen-bond acceptors (Lipinski definition) is 0. The van der Waals surface area contributed by atoms with E-state index in [9.17, 15) is 4.39 Å². The average Bonchev–Trinajstić information content (AvgIpc) is 2.81. The molecule has 0 radical (unpaired) electrons. The Labute approximate surface area is 181 Å². The molecular weight excluding hydrogens is 367 g/mol. The second kappa shape index (κ2) is 9.77. The van der Waals surface area contributed by atoms with Crippen LogP contribution in [0.25, 0.3) is 21.9 Å². The lowest BCUT2D eigenvalue weighted by molar-refractivity contribution is 0.319. The third kappa shape index (κ3) is 4.61. The molecule has 1 saturated carbocycles. The first-order valence-corrected chi connectivity index (χ1v) is 12.0. The smallest absolute Gasteiger partial charge is 0.134 e. The van der Waals surface area contributed by atoms with Crippen LogP contribution in [0.2, 0.25) is 0 Å². The van der Waals surface area contributed by atoms with Gasteiger partial charge in [0.05, 0.1) is 0 Å². The van der Waals surface area contributed by atoms with Crippen LogP contribution in [0.15, 0.2) is 54.6 Å². The van der Waals surface area contributed by atoms with Crippen LogP contribution in [-0.2, 0) is 6.42 Å². The fourth-order valence-corrected chi connectivity index (χ4v) is 5.13. The number of unbranched alkanes of at least 4 members (excludes halogenated alkanes) is 2. The second-order valence-electron chi connectivity index (χ2n) is 9.18. The Kier molecular flexibility index (Phi) is 6.87. The van der Waals surface area contributed by atoms with Gasteiger partial charge in [0.25, 0.3) is 0 Å². The number of halogens is 1. The molecule has 1 heteroatoms. The van der Waals surface area contributed by atoms with Gasteiger partial charge in [-0.1, -0.05) is 81.6 Å². The Morgan fingerprint density at radius 3 is 2.23 bits per heavy atom. The average molecular weight is 403 g/mol. The Bertz CT molecular complexity index is 962. The van der Waals surface area contributed by atoms with Crippen LogP contribution in [0, 0.1) is 11.7 Å². The number of fused-ring (bicyclic) bond motifs is 1. The van der Waals surface area contributed by atoms with Gasteiger partial charge in [-0.05, 0) is 84.1 Å². The summed E-state index contributed by atoms with van der Waals surface area (Å²) in [5.41, 5.74) is 4.72. The molecule has 3 aromatic rings. The molecule has 0 aliphatic heterocycles. The van der Waals surface area contributed by atoms with Gasteiger partial charge in [-0.15, -0.1) is 0 Å². The summed E-state index contributed by atoms with van der Waals surface area (Å²) < 4.78 is 14.9. The van der Waals surface area contributed by atoms with Crippen molar-refractivity contribution in [2.45, 2.75) is 77.6 Å². The van der Waals surface area contributed by atoms with E-state index in [1.165, 1.54) is 48.8 Å². The summed E-state index contributed by atoms with van der Waals surface area (Å²) in [6, 6.07) is 19.4. The summed E-state index contributed by atoms with van der Waals surface area (Å²) in [5.74, 6) is 1.62. The van der Waals surface area contributed by atoms with E-state index in [1.807, 2.05) is 12.1 Å². The van der Waals surface area contributed by atoms with Gasteiger partial charge in [0, 0.05) is 5.39 Å². The van der Waals surface area contributed by atoms with Gasteiger partial charge >= 0.3 is 0 Å². The van der Waals surface area contributed by atoms with Gasteiger partial charge in [-0.3, -0.25) is 0 Å². The fourth-order valence-electron chi connectivity index (χ4n) is 5.13. The van der Waals surface area contributed by atoms with Gasteiger partial charge in [0.2, 0.25) is 0 Å². The van der Waals surface area contributed by atoms with Gasteiger partial charge in [-0.2, -0.15) is 0 Å². The zero-order chi connectivity index (χ0) is 20.9. The Balaban J connectivity index is 1.51. The largest absolute Gasteiger partial charge is 0.206 e. The summed E-state index contributed by atoms with van der Waals surface area (Å²) in [6.45, 7) is 4.50. The lowest BCUT2D eigenvalue weighted by atomic mass is 9.77. The van der Waals surface area contributed by atoms with E-state index in [2.05, 4.69) is 56.3 Å². The maximum absolute atomic E-state index is 14.9. The van der Waals surface area contributed by atoms with Crippen molar-refractivity contribution in [3.63, 3.8) is 0 Å². The molecule has 1 aliphatic rings. The van der Waals surface area contributed by atoms with Crippen LogP contribution < -0.4 is 0 Å². The molecule has 0 heterocycles. The summed E-state index contributed by atoms with van der Waals surface area (Å²) in [7, 11) is 0. The zero-order valence-electron chi connectivity index (χ0n) is 18.6. The third-order valence-electron chi connectivity index (χ3n) is 7.22. The quantitative estimate of drug-likeness (QED) is 0.346. The van der Waals surface area contributed by atoms with Crippen molar-refractivity contribution in [2.24, 2.45) is 5.92 Å². The first-order valence-electron chi connectivity index (χ1n) is 12.0. The van der Waals surface area contributed by atoms with Crippen molar-refractivity contribution in [2.75, 3.05) is 0 Å². The van der Waals surface area contributed by atoms with E-state index in [0.717, 1.165) is 53.9 Å². The maximum Gasteiger partial charge on any atom is 0.134 e. The minimum absolute atomic E-state index is 0.0341. The normalized spacial score (nSPS) is 19.3. The second-order valence-corrected chi connectivity index (χ2v) is 9.18. The molecule has 30 heavy (non-hydrogen) atoms. The molecule has 158 valence electrons. The molecule has 0 nitrogen and oxygen atoms in total. The van der Waals surface area contributed by atoms with E-state index in [4.69, 9.17) is 0 Å². The highest BCUT2D eigenvalue weighted by molar-refractivity contribution is 5.88. The first kappa shape index (κ1) is 21.1. The topological polar surface area (TPSA) is 0 Å². The standard InChI is InChI=1S/C29H35F/c1-3-5-6-7-25-16-17-27-20-26(18-19-28(27)29(25)30)24-14-12-23(13-15-24)22-10-8-21(4-2)9-11-22/h12-22H,3-11H2,1-2H3. The van der Waals surface area contributed by atoms with E-state index in [1.54, 1.807) is 0 Å². The first-order chi connectivity index (χ1) is 14.7. The molecule has 0 bridgehead atoms. The minimum Gasteiger partial charge on any atom is -0.206 e. The number of aryl methyl sites for hydroxylation is 1. The zero-order valence-corrected chi connectivity index (χ0v) is 18.6. The van der Waals surface area contributed by atoms with Crippen molar-refractivity contribution >= 4 is 10.8 Å². The highest BCUT2D eigenvalue weighted by Gasteiger charge is 2.21. The van der Waals surface area contributed by atoms with E-state index in [0.29, 0.717) is 0 Å². The molecule has 0 unspecified atom stereocenters. The summed E-state index contributed by atoms with van der Waals surface area (Å²) in [4.78, 5) is 0. The highest BCUT2D eigenvalue weighted by Crippen LogP contribution is 2.37. The molecule has 0 amide bonds. The Morgan fingerprint density at radius 1 is 0.800 bits per heavy atom. The van der Waals surface area contributed by atoms with Crippen molar-refractivity contribution < 1.29 is 4.39 Å². The fraction of sp³-hybridized carbons (Fsp3) is 0.448. The maximum atomic E-state index is 14.9. The summed E-state index contributed by atoms with van der Waals surface area (Å²) >= 11 is 0. The molecular formula is C29H35F. The minimum atomic E-state index is -0.0341. The molecule has 0 N–H and O–H groups in total. The molecule has 0 aromatic heterocycles. The van der Waals surface area contributed by atoms with Crippen LogP contribution in [0.3, 0.4) is 0 Å². The SMILES string of the molecule is CCCCCc1ccc2cc(-c3ccc(C4CCC(CC)CC4)cc3)ccc2c1F. The van der Waals surface area contributed by atoms with Crippen LogP contribution >= 0.6 is 0 Å². The van der Waals surface area contributed by atoms with E-state index < -0.39 is 0 Å². The monoisotopic (exact) mass is 402 g/mol. The Morgan fingerprint density at radius 2 is 1.53 bits per heavy atom. The van der Waals surface area contributed by atoms with Gasteiger partial charge in [0.1, 0.15) is 5.82 Å². The number of hydrogen-bond donors (Lipinski definition) is 0. The van der Waals surface area contributed by atoms with E-state index in [-0.39, 0.29) is 5.82 Å². The van der Waals surface area contributed by atoms with Crippen LogP contribution in [-0.4, -0.2) is 0 Å². The molecule has 0 spiro atoms. The van der Waals surface area contributed by atoms with Crippen LogP contribution in [0.5, 0.6) is 0 Å². The Hall–Kier alpha value is -2.15. The number of benzene rings is 3.